The van der Waals surface area contributed by atoms with E-state index in [9.17, 15) is 4.79 Å². The van der Waals surface area contributed by atoms with Crippen LogP contribution in [0.15, 0.2) is 46.9 Å². The van der Waals surface area contributed by atoms with Crippen LogP contribution in [0.1, 0.15) is 18.1 Å². The van der Waals surface area contributed by atoms with E-state index < -0.39 is 0 Å². The summed E-state index contributed by atoms with van der Waals surface area (Å²) in [6.07, 6.45) is 0. The van der Waals surface area contributed by atoms with Crippen LogP contribution in [0, 0.1) is 13.8 Å². The number of hydrogen-bond acceptors (Lipinski definition) is 2. The molecule has 1 amide bonds. The molecule has 0 spiro atoms. The summed E-state index contributed by atoms with van der Waals surface area (Å²) in [5, 5.41) is 6.13. The number of para-hydroxylation sites is 1. The van der Waals surface area contributed by atoms with Gasteiger partial charge in [-0.15, -0.1) is 0 Å². The summed E-state index contributed by atoms with van der Waals surface area (Å²) >= 11 is 3.55. The maximum absolute atomic E-state index is 12.2. The Labute approximate surface area is 133 Å². The van der Waals surface area contributed by atoms with Gasteiger partial charge < -0.3 is 10.6 Å². The van der Waals surface area contributed by atoms with Crippen LogP contribution in [0.5, 0.6) is 0 Å². The van der Waals surface area contributed by atoms with Crippen molar-refractivity contribution in [3.05, 3.63) is 58.1 Å². The van der Waals surface area contributed by atoms with Crippen LogP contribution in [-0.4, -0.2) is 11.9 Å². The van der Waals surface area contributed by atoms with Crippen LogP contribution in [0.2, 0.25) is 0 Å². The van der Waals surface area contributed by atoms with Gasteiger partial charge in [-0.3, -0.25) is 4.79 Å². The SMILES string of the molecule is Cc1cc(NC(C)C(=O)Nc2ccccc2)cc(C)c1Br. The monoisotopic (exact) mass is 346 g/mol. The van der Waals surface area contributed by atoms with E-state index in [2.05, 4.69) is 26.6 Å². The first-order valence-electron chi connectivity index (χ1n) is 6.86. The Morgan fingerprint density at radius 2 is 1.62 bits per heavy atom. The lowest BCUT2D eigenvalue weighted by Crippen LogP contribution is -2.31. The van der Waals surface area contributed by atoms with Crippen LogP contribution in [0.4, 0.5) is 11.4 Å². The lowest BCUT2D eigenvalue weighted by atomic mass is 10.1. The first-order chi connectivity index (χ1) is 9.97. The molecule has 2 rings (SSSR count). The van der Waals surface area contributed by atoms with Crippen molar-refractivity contribution >= 4 is 33.2 Å². The molecular weight excluding hydrogens is 328 g/mol. The van der Waals surface area contributed by atoms with Gasteiger partial charge in [-0.2, -0.15) is 0 Å². The zero-order valence-corrected chi connectivity index (χ0v) is 14.0. The van der Waals surface area contributed by atoms with Gasteiger partial charge in [0.1, 0.15) is 6.04 Å². The largest absolute Gasteiger partial charge is 0.374 e. The van der Waals surface area contributed by atoms with Gasteiger partial charge in [0.15, 0.2) is 0 Å². The quantitative estimate of drug-likeness (QED) is 0.855. The molecule has 2 aromatic rings. The van der Waals surface area contributed by atoms with Crippen molar-refractivity contribution in [1.29, 1.82) is 0 Å². The Balaban J connectivity index is 2.04. The molecule has 2 N–H and O–H groups in total. The van der Waals surface area contributed by atoms with Gasteiger partial charge in [0.2, 0.25) is 5.91 Å². The third kappa shape index (κ3) is 4.08. The summed E-state index contributed by atoms with van der Waals surface area (Å²) in [6.45, 7) is 5.93. The molecule has 0 fully saturated rings. The minimum atomic E-state index is -0.315. The molecule has 110 valence electrons. The molecule has 3 nitrogen and oxygen atoms in total. The van der Waals surface area contributed by atoms with Gasteiger partial charge >= 0.3 is 0 Å². The number of aryl methyl sites for hydroxylation is 2. The molecule has 0 bridgehead atoms. The van der Waals surface area contributed by atoms with E-state index in [1.165, 1.54) is 0 Å². The fourth-order valence-corrected chi connectivity index (χ4v) is 2.35. The first-order valence-corrected chi connectivity index (χ1v) is 7.66. The zero-order chi connectivity index (χ0) is 15.4. The predicted octanol–water partition coefficient (Wildman–Crippen LogP) is 4.51. The number of nitrogens with one attached hydrogen (secondary N) is 2. The third-order valence-electron chi connectivity index (χ3n) is 3.25. The first kappa shape index (κ1) is 15.6. The number of carbonyl (C=O) groups is 1. The lowest BCUT2D eigenvalue weighted by Gasteiger charge is -2.17. The smallest absolute Gasteiger partial charge is 0.246 e. The molecule has 0 aromatic heterocycles. The van der Waals surface area contributed by atoms with Crippen molar-refractivity contribution in [2.75, 3.05) is 10.6 Å². The number of anilines is 2. The summed E-state index contributed by atoms with van der Waals surface area (Å²) in [5.41, 5.74) is 4.05. The van der Waals surface area contributed by atoms with Gasteiger partial charge in [0.05, 0.1) is 0 Å². The lowest BCUT2D eigenvalue weighted by molar-refractivity contribution is -0.116. The van der Waals surface area contributed by atoms with Gasteiger partial charge in [-0.05, 0) is 56.2 Å². The van der Waals surface area contributed by atoms with E-state index in [0.29, 0.717) is 0 Å². The van der Waals surface area contributed by atoms with Crippen LogP contribution < -0.4 is 10.6 Å². The molecule has 0 radical (unpaired) electrons. The van der Waals surface area contributed by atoms with Crippen LogP contribution >= 0.6 is 15.9 Å². The standard InChI is InChI=1S/C17H19BrN2O/c1-11-9-15(10-12(2)16(11)18)19-13(3)17(21)20-14-7-5-4-6-8-14/h4-10,13,19H,1-3H3,(H,20,21). The third-order valence-corrected chi connectivity index (χ3v) is 4.51. The molecule has 1 atom stereocenters. The van der Waals surface area contributed by atoms with Crippen molar-refractivity contribution in [3.63, 3.8) is 0 Å². The Morgan fingerprint density at radius 1 is 1.05 bits per heavy atom. The van der Waals surface area contributed by atoms with E-state index in [0.717, 1.165) is 27.0 Å². The molecule has 2 aromatic carbocycles. The summed E-state index contributed by atoms with van der Waals surface area (Å²) in [6, 6.07) is 13.2. The van der Waals surface area contributed by atoms with Gasteiger partial charge in [-0.25, -0.2) is 0 Å². The Kier molecular flexibility index (Phi) is 5.02. The highest BCUT2D eigenvalue weighted by molar-refractivity contribution is 9.10. The van der Waals surface area contributed by atoms with Crippen LogP contribution in [0.25, 0.3) is 0 Å². The molecule has 1 unspecified atom stereocenters. The Hall–Kier alpha value is -1.81. The van der Waals surface area contributed by atoms with Crippen LogP contribution in [-0.2, 0) is 4.79 Å². The number of halogens is 1. The van der Waals surface area contributed by atoms with Gasteiger partial charge in [0, 0.05) is 15.8 Å². The second-order valence-electron chi connectivity index (χ2n) is 5.15. The number of hydrogen-bond donors (Lipinski definition) is 2. The summed E-state index contributed by atoms with van der Waals surface area (Å²) in [7, 11) is 0. The Morgan fingerprint density at radius 3 is 2.19 bits per heavy atom. The molecule has 0 saturated heterocycles. The molecular formula is C17H19BrN2O. The Bertz CT molecular complexity index is 617. The predicted molar refractivity (Wildman–Crippen MR) is 91.8 cm³/mol. The van der Waals surface area contributed by atoms with Crippen molar-refractivity contribution in [3.8, 4) is 0 Å². The van der Waals surface area contributed by atoms with E-state index in [1.807, 2.05) is 63.2 Å². The zero-order valence-electron chi connectivity index (χ0n) is 12.4. The second kappa shape index (κ2) is 6.76. The number of rotatable bonds is 4. The maximum atomic E-state index is 12.2. The van der Waals surface area contributed by atoms with Crippen LogP contribution in [0.3, 0.4) is 0 Å². The molecule has 0 aliphatic heterocycles. The molecule has 0 saturated carbocycles. The fourth-order valence-electron chi connectivity index (χ4n) is 2.12. The fraction of sp³-hybridized carbons (Fsp3) is 0.235. The summed E-state index contributed by atoms with van der Waals surface area (Å²) in [5.74, 6) is -0.0561. The van der Waals surface area contributed by atoms with Crippen molar-refractivity contribution in [1.82, 2.24) is 0 Å². The molecule has 21 heavy (non-hydrogen) atoms. The highest BCUT2D eigenvalue weighted by Gasteiger charge is 2.13. The van der Waals surface area contributed by atoms with Crippen molar-refractivity contribution < 1.29 is 4.79 Å². The normalized spacial score (nSPS) is 11.8. The summed E-state index contributed by atoms with van der Waals surface area (Å²) < 4.78 is 1.11. The summed E-state index contributed by atoms with van der Waals surface area (Å²) in [4.78, 5) is 12.2. The minimum absolute atomic E-state index is 0.0561. The van der Waals surface area contributed by atoms with Gasteiger partial charge in [0.25, 0.3) is 0 Å². The number of carbonyl (C=O) groups excluding carboxylic acids is 1. The maximum Gasteiger partial charge on any atom is 0.246 e. The van der Waals surface area contributed by atoms with Gasteiger partial charge in [-0.1, -0.05) is 34.1 Å². The topological polar surface area (TPSA) is 41.1 Å². The van der Waals surface area contributed by atoms with Crippen molar-refractivity contribution in [2.24, 2.45) is 0 Å². The molecule has 0 heterocycles. The average molecular weight is 347 g/mol. The molecule has 0 aliphatic rings. The highest BCUT2D eigenvalue weighted by Crippen LogP contribution is 2.25. The van der Waals surface area contributed by atoms with Crippen molar-refractivity contribution in [2.45, 2.75) is 26.8 Å². The van der Waals surface area contributed by atoms with E-state index in [-0.39, 0.29) is 11.9 Å². The van der Waals surface area contributed by atoms with E-state index in [1.54, 1.807) is 0 Å². The average Bonchev–Trinajstić information content (AvgIpc) is 2.45. The highest BCUT2D eigenvalue weighted by atomic mass is 79.9. The molecule has 0 aliphatic carbocycles. The van der Waals surface area contributed by atoms with E-state index >= 15 is 0 Å². The second-order valence-corrected chi connectivity index (χ2v) is 5.94. The van der Waals surface area contributed by atoms with E-state index in [4.69, 9.17) is 0 Å². The number of amides is 1. The molecule has 4 heteroatoms. The minimum Gasteiger partial charge on any atom is -0.374 e. The number of benzene rings is 2.